The summed E-state index contributed by atoms with van der Waals surface area (Å²) in [5, 5.41) is 3.10. The molecular formula is C26H37NO2. The molecule has 2 aliphatic rings. The van der Waals surface area contributed by atoms with Gasteiger partial charge in [-0.1, -0.05) is 78.8 Å². The zero-order chi connectivity index (χ0) is 21.5. The lowest BCUT2D eigenvalue weighted by Gasteiger charge is -2.38. The smallest absolute Gasteiger partial charge is 0.260 e. The molecule has 0 bridgehead atoms. The second kappa shape index (κ2) is 7.43. The fraction of sp³-hybridized carbons (Fsp3) is 0.577. The summed E-state index contributed by atoms with van der Waals surface area (Å²) in [6.07, 6.45) is 8.16. The Kier molecular flexibility index (Phi) is 5.59. The Hall–Kier alpha value is -1.87. The number of epoxide rings is 1. The number of carbonyl (C=O) groups is 1. The number of nitrogens with one attached hydrogen (secondary N) is 1. The molecule has 2 atom stereocenters. The molecule has 3 nitrogen and oxygen atoms in total. The average molecular weight is 396 g/mol. The first kappa shape index (κ1) is 21.8. The molecule has 1 aromatic carbocycles. The van der Waals surface area contributed by atoms with Gasteiger partial charge in [-0.15, -0.1) is 0 Å². The summed E-state index contributed by atoms with van der Waals surface area (Å²) < 4.78 is 6.49. The zero-order valence-electron chi connectivity index (χ0n) is 19.2. The molecule has 29 heavy (non-hydrogen) atoms. The van der Waals surface area contributed by atoms with Crippen LogP contribution in [0.3, 0.4) is 0 Å². The molecule has 1 aromatic rings. The van der Waals surface area contributed by atoms with E-state index in [1.165, 1.54) is 11.1 Å². The lowest BCUT2D eigenvalue weighted by molar-refractivity contribution is -0.121. The summed E-state index contributed by atoms with van der Waals surface area (Å²) in [5.41, 5.74) is 2.20. The summed E-state index contributed by atoms with van der Waals surface area (Å²) in [4.78, 5) is 13.4. The molecule has 1 aliphatic heterocycles. The Morgan fingerprint density at radius 3 is 2.21 bits per heavy atom. The Bertz CT molecular complexity index is 834. The van der Waals surface area contributed by atoms with Gasteiger partial charge in [0.15, 0.2) is 5.60 Å². The van der Waals surface area contributed by atoms with Crippen LogP contribution in [0.25, 0.3) is 0 Å². The number of hydrogen-bond acceptors (Lipinski definition) is 2. The fourth-order valence-electron chi connectivity index (χ4n) is 4.56. The highest BCUT2D eigenvalue weighted by Crippen LogP contribution is 2.64. The third-order valence-corrected chi connectivity index (χ3v) is 7.48. The number of rotatable bonds is 7. The number of benzene rings is 1. The molecule has 2 unspecified atom stereocenters. The molecule has 1 amide bonds. The van der Waals surface area contributed by atoms with E-state index < -0.39 is 11.2 Å². The molecule has 158 valence electrons. The van der Waals surface area contributed by atoms with E-state index in [1.807, 2.05) is 30.3 Å². The Morgan fingerprint density at radius 2 is 1.66 bits per heavy atom. The van der Waals surface area contributed by atoms with Crippen LogP contribution in [0.1, 0.15) is 74.1 Å². The third kappa shape index (κ3) is 3.48. The Balaban J connectivity index is 2.00. The van der Waals surface area contributed by atoms with Gasteiger partial charge in [0.2, 0.25) is 0 Å². The van der Waals surface area contributed by atoms with Crippen LogP contribution < -0.4 is 5.32 Å². The van der Waals surface area contributed by atoms with E-state index in [9.17, 15) is 4.79 Å². The highest BCUT2D eigenvalue weighted by molar-refractivity contribution is 6.01. The highest BCUT2D eigenvalue weighted by atomic mass is 16.6. The van der Waals surface area contributed by atoms with Crippen molar-refractivity contribution in [1.29, 1.82) is 0 Å². The summed E-state index contributed by atoms with van der Waals surface area (Å²) in [7, 11) is 0. The topological polar surface area (TPSA) is 41.6 Å². The van der Waals surface area contributed by atoms with E-state index in [0.29, 0.717) is 6.42 Å². The average Bonchev–Trinajstić information content (AvgIpc) is 3.37. The second-order valence-corrected chi connectivity index (χ2v) is 9.83. The van der Waals surface area contributed by atoms with Gasteiger partial charge in [-0.2, -0.15) is 0 Å². The van der Waals surface area contributed by atoms with E-state index in [2.05, 4.69) is 65.9 Å². The van der Waals surface area contributed by atoms with Gasteiger partial charge < -0.3 is 10.1 Å². The quantitative estimate of drug-likeness (QED) is 0.524. The molecule has 0 saturated carbocycles. The predicted molar refractivity (Wildman–Crippen MR) is 121 cm³/mol. The van der Waals surface area contributed by atoms with Crippen LogP contribution in [0.4, 0.5) is 5.69 Å². The van der Waals surface area contributed by atoms with Crippen LogP contribution in [0.2, 0.25) is 0 Å². The van der Waals surface area contributed by atoms with Crippen molar-refractivity contribution in [3.8, 4) is 0 Å². The van der Waals surface area contributed by atoms with Gasteiger partial charge in [-0.05, 0) is 53.4 Å². The van der Waals surface area contributed by atoms with Gasteiger partial charge in [0.05, 0.1) is 0 Å². The molecule has 1 heterocycles. The maximum absolute atomic E-state index is 13.4. The van der Waals surface area contributed by atoms with E-state index in [1.54, 1.807) is 0 Å². The van der Waals surface area contributed by atoms with Crippen LogP contribution >= 0.6 is 0 Å². The summed E-state index contributed by atoms with van der Waals surface area (Å²) >= 11 is 0. The first-order valence-corrected chi connectivity index (χ1v) is 11.1. The Morgan fingerprint density at radius 1 is 1.03 bits per heavy atom. The van der Waals surface area contributed by atoms with Gasteiger partial charge in [0, 0.05) is 12.1 Å². The minimum atomic E-state index is -0.806. The number of anilines is 1. The van der Waals surface area contributed by atoms with Gasteiger partial charge in [0.1, 0.15) is 5.60 Å². The maximum atomic E-state index is 13.4. The first-order chi connectivity index (χ1) is 13.6. The van der Waals surface area contributed by atoms with Gasteiger partial charge in [0.25, 0.3) is 5.91 Å². The van der Waals surface area contributed by atoms with E-state index >= 15 is 0 Å². The zero-order valence-corrected chi connectivity index (χ0v) is 19.2. The molecule has 1 saturated heterocycles. The van der Waals surface area contributed by atoms with Crippen LogP contribution in [-0.2, 0) is 9.53 Å². The standard InChI is InChI=1S/C26H37NO2/c1-8-23(4,5)19-16-17-26(21(18-19)24(6,7)9-2)25(10-3,29-26)22(28)27-20-14-12-11-13-15-20/h11-16,18H,8-10,17H2,1-7H3,(H,27,28). The van der Waals surface area contributed by atoms with E-state index in [-0.39, 0.29) is 16.7 Å². The van der Waals surface area contributed by atoms with Crippen molar-refractivity contribution < 1.29 is 9.53 Å². The van der Waals surface area contributed by atoms with Gasteiger partial charge in [-0.3, -0.25) is 4.79 Å². The van der Waals surface area contributed by atoms with Crippen molar-refractivity contribution in [2.45, 2.75) is 85.4 Å². The van der Waals surface area contributed by atoms with Crippen LogP contribution in [0.5, 0.6) is 0 Å². The molecular weight excluding hydrogens is 358 g/mol. The summed E-state index contributed by atoms with van der Waals surface area (Å²) in [6.45, 7) is 15.7. The SMILES string of the molecule is CCC(C)(C)C1=CCC2(OC2(CC)C(=O)Nc2ccccc2)C(C(C)(C)CC)=C1. The molecule has 0 radical (unpaired) electrons. The molecule has 1 fully saturated rings. The van der Waals surface area contributed by atoms with Crippen molar-refractivity contribution in [2.75, 3.05) is 5.32 Å². The highest BCUT2D eigenvalue weighted by Gasteiger charge is 2.76. The first-order valence-electron chi connectivity index (χ1n) is 11.1. The molecule has 1 aliphatic carbocycles. The number of amides is 1. The molecule has 3 heteroatoms. The van der Waals surface area contributed by atoms with Crippen molar-refractivity contribution in [3.63, 3.8) is 0 Å². The van der Waals surface area contributed by atoms with Crippen molar-refractivity contribution >= 4 is 11.6 Å². The lowest BCUT2D eigenvalue weighted by Crippen LogP contribution is -2.43. The largest absolute Gasteiger partial charge is 0.347 e. The number of allylic oxidation sites excluding steroid dienone is 2. The summed E-state index contributed by atoms with van der Waals surface area (Å²) in [5.74, 6) is -0.0318. The number of ether oxygens (including phenoxy) is 1. The van der Waals surface area contributed by atoms with Gasteiger partial charge in [-0.25, -0.2) is 0 Å². The second-order valence-electron chi connectivity index (χ2n) is 9.83. The predicted octanol–water partition coefficient (Wildman–Crippen LogP) is 6.67. The van der Waals surface area contributed by atoms with Crippen molar-refractivity contribution in [2.24, 2.45) is 10.8 Å². The Labute approximate surface area is 176 Å². The van der Waals surface area contributed by atoms with Crippen molar-refractivity contribution in [1.82, 2.24) is 0 Å². The van der Waals surface area contributed by atoms with Crippen LogP contribution in [0.15, 0.2) is 53.6 Å². The van der Waals surface area contributed by atoms with Crippen LogP contribution in [0, 0.1) is 10.8 Å². The third-order valence-electron chi connectivity index (χ3n) is 7.48. The molecule has 1 spiro atoms. The van der Waals surface area contributed by atoms with E-state index in [0.717, 1.165) is 24.9 Å². The fourth-order valence-corrected chi connectivity index (χ4v) is 4.56. The monoisotopic (exact) mass is 395 g/mol. The molecule has 1 N–H and O–H groups in total. The number of hydrogen-bond donors (Lipinski definition) is 1. The maximum Gasteiger partial charge on any atom is 0.260 e. The summed E-state index contributed by atoms with van der Waals surface area (Å²) in [6, 6.07) is 9.67. The number of para-hydroxylation sites is 1. The lowest BCUT2D eigenvalue weighted by atomic mass is 9.64. The molecule has 3 rings (SSSR count). The normalized spacial score (nSPS) is 26.7. The van der Waals surface area contributed by atoms with Gasteiger partial charge >= 0.3 is 0 Å². The van der Waals surface area contributed by atoms with Crippen molar-refractivity contribution in [3.05, 3.63) is 53.6 Å². The minimum absolute atomic E-state index is 0.0318. The van der Waals surface area contributed by atoms with Crippen LogP contribution in [-0.4, -0.2) is 17.1 Å². The number of carbonyl (C=O) groups excluding carboxylic acids is 1. The molecule has 0 aromatic heterocycles. The van der Waals surface area contributed by atoms with E-state index in [4.69, 9.17) is 4.74 Å². The minimum Gasteiger partial charge on any atom is -0.347 e.